The molecule has 0 aliphatic heterocycles. The molecule has 1 aliphatic rings. The van der Waals surface area contributed by atoms with Gasteiger partial charge in [0.15, 0.2) is 0 Å². The van der Waals surface area contributed by atoms with Crippen molar-refractivity contribution in [3.63, 3.8) is 0 Å². The number of aromatic nitrogens is 2. The van der Waals surface area contributed by atoms with Crippen LogP contribution in [0, 0.1) is 5.92 Å². The first-order valence-corrected chi connectivity index (χ1v) is 6.52. The Morgan fingerprint density at radius 1 is 1.38 bits per heavy atom. The summed E-state index contributed by atoms with van der Waals surface area (Å²) in [6.07, 6.45) is 2.43. The molecule has 0 saturated heterocycles. The quantitative estimate of drug-likeness (QED) is 0.889. The standard InChI is InChI=1S/C11H12ClN3S/c1-6-4-7(5-6)13-10-8(12)2-3-9-11(10)15-16-14-9/h2-3,6-7,13H,4-5H2,1H3. The van der Waals surface area contributed by atoms with E-state index in [2.05, 4.69) is 21.0 Å². The zero-order valence-electron chi connectivity index (χ0n) is 8.90. The molecule has 84 valence electrons. The molecule has 5 heteroatoms. The van der Waals surface area contributed by atoms with Gasteiger partial charge in [0.1, 0.15) is 11.0 Å². The van der Waals surface area contributed by atoms with Gasteiger partial charge in [0.05, 0.1) is 22.4 Å². The number of nitrogens with one attached hydrogen (secondary N) is 1. The number of rotatable bonds is 2. The summed E-state index contributed by atoms with van der Waals surface area (Å²) in [5, 5.41) is 4.21. The Kier molecular flexibility index (Phi) is 2.48. The molecule has 1 aliphatic carbocycles. The van der Waals surface area contributed by atoms with Crippen LogP contribution in [0.4, 0.5) is 5.69 Å². The van der Waals surface area contributed by atoms with Crippen LogP contribution < -0.4 is 5.32 Å². The van der Waals surface area contributed by atoms with E-state index in [1.807, 2.05) is 12.1 Å². The summed E-state index contributed by atoms with van der Waals surface area (Å²) in [5.74, 6) is 0.823. The van der Waals surface area contributed by atoms with Crippen LogP contribution in [0.25, 0.3) is 11.0 Å². The second kappa shape index (κ2) is 3.86. The van der Waals surface area contributed by atoms with Crippen LogP contribution in [0.15, 0.2) is 12.1 Å². The van der Waals surface area contributed by atoms with E-state index in [1.165, 1.54) is 24.6 Å². The summed E-state index contributed by atoms with van der Waals surface area (Å²) >= 11 is 7.43. The second-order valence-electron chi connectivity index (χ2n) is 4.47. The van der Waals surface area contributed by atoms with Crippen molar-refractivity contribution < 1.29 is 0 Å². The highest BCUT2D eigenvalue weighted by molar-refractivity contribution is 7.00. The van der Waals surface area contributed by atoms with E-state index in [-0.39, 0.29) is 0 Å². The predicted octanol–water partition coefficient (Wildman–Crippen LogP) is 3.56. The Morgan fingerprint density at radius 2 is 2.19 bits per heavy atom. The molecular formula is C11H12ClN3S. The fourth-order valence-corrected chi connectivity index (χ4v) is 2.94. The normalized spacial score (nSPS) is 24.4. The molecular weight excluding hydrogens is 242 g/mol. The van der Waals surface area contributed by atoms with Gasteiger partial charge in [-0.25, -0.2) is 0 Å². The maximum atomic E-state index is 6.20. The molecule has 1 fully saturated rings. The summed E-state index contributed by atoms with van der Waals surface area (Å²) in [6.45, 7) is 2.27. The van der Waals surface area contributed by atoms with Crippen LogP contribution in [0.5, 0.6) is 0 Å². The van der Waals surface area contributed by atoms with Crippen LogP contribution in [0.2, 0.25) is 5.02 Å². The summed E-state index contributed by atoms with van der Waals surface area (Å²) in [6, 6.07) is 4.34. The lowest BCUT2D eigenvalue weighted by molar-refractivity contribution is 0.309. The van der Waals surface area contributed by atoms with Gasteiger partial charge in [-0.2, -0.15) is 8.75 Å². The third kappa shape index (κ3) is 1.66. The first kappa shape index (κ1) is 10.3. The lowest BCUT2D eigenvalue weighted by Crippen LogP contribution is -2.33. The molecule has 1 saturated carbocycles. The monoisotopic (exact) mass is 253 g/mol. The van der Waals surface area contributed by atoms with Crippen LogP contribution in [-0.2, 0) is 0 Å². The van der Waals surface area contributed by atoms with Crippen molar-refractivity contribution in [3.05, 3.63) is 17.2 Å². The highest BCUT2D eigenvalue weighted by Crippen LogP contribution is 2.35. The van der Waals surface area contributed by atoms with E-state index in [4.69, 9.17) is 11.6 Å². The largest absolute Gasteiger partial charge is 0.379 e. The molecule has 1 aromatic heterocycles. The minimum Gasteiger partial charge on any atom is -0.379 e. The Labute approximate surface area is 103 Å². The molecule has 0 bridgehead atoms. The Hall–Kier alpha value is -0.870. The van der Waals surface area contributed by atoms with Crippen molar-refractivity contribution in [1.82, 2.24) is 8.75 Å². The second-order valence-corrected chi connectivity index (χ2v) is 5.41. The number of nitrogens with zero attached hydrogens (tertiary/aromatic N) is 2. The van der Waals surface area contributed by atoms with Crippen LogP contribution in [0.3, 0.4) is 0 Å². The van der Waals surface area contributed by atoms with Gasteiger partial charge in [-0.3, -0.25) is 0 Å². The van der Waals surface area contributed by atoms with Crippen molar-refractivity contribution in [2.24, 2.45) is 5.92 Å². The third-order valence-corrected chi connectivity index (χ3v) is 3.96. The molecule has 3 nitrogen and oxygen atoms in total. The van der Waals surface area contributed by atoms with Gasteiger partial charge in [0.2, 0.25) is 0 Å². The summed E-state index contributed by atoms with van der Waals surface area (Å²) in [4.78, 5) is 0. The maximum Gasteiger partial charge on any atom is 0.129 e. The van der Waals surface area contributed by atoms with Crippen molar-refractivity contribution >= 4 is 40.0 Å². The van der Waals surface area contributed by atoms with Gasteiger partial charge in [0.25, 0.3) is 0 Å². The Morgan fingerprint density at radius 3 is 2.94 bits per heavy atom. The molecule has 0 radical (unpaired) electrons. The van der Waals surface area contributed by atoms with Crippen molar-refractivity contribution in [2.75, 3.05) is 5.32 Å². The molecule has 0 spiro atoms. The van der Waals surface area contributed by atoms with Gasteiger partial charge in [-0.15, -0.1) is 0 Å². The number of halogens is 1. The van der Waals surface area contributed by atoms with Gasteiger partial charge in [-0.1, -0.05) is 18.5 Å². The minimum absolute atomic E-state index is 0.541. The van der Waals surface area contributed by atoms with Crippen molar-refractivity contribution in [2.45, 2.75) is 25.8 Å². The Balaban J connectivity index is 1.95. The van der Waals surface area contributed by atoms with Gasteiger partial charge in [-0.05, 0) is 30.9 Å². The zero-order valence-corrected chi connectivity index (χ0v) is 10.5. The molecule has 1 N–H and O–H groups in total. The third-order valence-electron chi connectivity index (χ3n) is 3.10. The summed E-state index contributed by atoms with van der Waals surface area (Å²) in [7, 11) is 0. The molecule has 3 rings (SSSR count). The zero-order chi connectivity index (χ0) is 11.1. The van der Waals surface area contributed by atoms with Crippen LogP contribution in [-0.4, -0.2) is 14.8 Å². The highest BCUT2D eigenvalue weighted by Gasteiger charge is 2.26. The molecule has 1 heterocycles. The fraction of sp³-hybridized carbons (Fsp3) is 0.455. The van der Waals surface area contributed by atoms with E-state index in [9.17, 15) is 0 Å². The summed E-state index contributed by atoms with van der Waals surface area (Å²) < 4.78 is 8.51. The molecule has 0 unspecified atom stereocenters. The smallest absolute Gasteiger partial charge is 0.129 e. The molecule has 2 aromatic rings. The number of hydrogen-bond donors (Lipinski definition) is 1. The van der Waals surface area contributed by atoms with Gasteiger partial charge in [0, 0.05) is 6.04 Å². The topological polar surface area (TPSA) is 37.8 Å². The maximum absolute atomic E-state index is 6.20. The number of benzene rings is 1. The average molecular weight is 254 g/mol. The minimum atomic E-state index is 0.541. The number of fused-ring (bicyclic) bond motifs is 1. The van der Waals surface area contributed by atoms with E-state index < -0.39 is 0 Å². The van der Waals surface area contributed by atoms with Gasteiger partial charge >= 0.3 is 0 Å². The van der Waals surface area contributed by atoms with E-state index in [0.717, 1.165) is 27.7 Å². The van der Waals surface area contributed by atoms with E-state index >= 15 is 0 Å². The first-order chi connectivity index (χ1) is 7.74. The van der Waals surface area contributed by atoms with Crippen molar-refractivity contribution in [3.8, 4) is 0 Å². The average Bonchev–Trinajstić information content (AvgIpc) is 2.67. The molecule has 1 aromatic carbocycles. The first-order valence-electron chi connectivity index (χ1n) is 5.41. The molecule has 0 atom stereocenters. The van der Waals surface area contributed by atoms with Crippen LogP contribution in [0.1, 0.15) is 19.8 Å². The number of hydrogen-bond acceptors (Lipinski definition) is 4. The molecule has 0 amide bonds. The summed E-state index contributed by atoms with van der Waals surface area (Å²) in [5.41, 5.74) is 2.77. The van der Waals surface area contributed by atoms with Crippen molar-refractivity contribution in [1.29, 1.82) is 0 Å². The fourth-order valence-electron chi connectivity index (χ4n) is 2.19. The lowest BCUT2D eigenvalue weighted by Gasteiger charge is -2.34. The number of anilines is 1. The Bertz CT molecular complexity index is 519. The highest BCUT2D eigenvalue weighted by atomic mass is 35.5. The van der Waals surface area contributed by atoms with Gasteiger partial charge < -0.3 is 5.32 Å². The van der Waals surface area contributed by atoms with E-state index in [1.54, 1.807) is 0 Å². The lowest BCUT2D eigenvalue weighted by atomic mass is 9.82. The predicted molar refractivity (Wildman–Crippen MR) is 68.2 cm³/mol. The SMILES string of the molecule is CC1CC(Nc2c(Cl)ccc3nsnc23)C1. The van der Waals surface area contributed by atoms with Crippen LogP contribution >= 0.6 is 23.3 Å². The van der Waals surface area contributed by atoms with E-state index in [0.29, 0.717) is 6.04 Å². The molecule has 16 heavy (non-hydrogen) atoms.